The van der Waals surface area contributed by atoms with Gasteiger partial charge >= 0.3 is 5.97 Å². The van der Waals surface area contributed by atoms with Crippen molar-refractivity contribution in [3.63, 3.8) is 0 Å². The third kappa shape index (κ3) is 3.13. The van der Waals surface area contributed by atoms with Crippen molar-refractivity contribution in [2.45, 2.75) is 12.5 Å². The van der Waals surface area contributed by atoms with Crippen molar-refractivity contribution in [2.75, 3.05) is 6.61 Å². The average molecular weight is 273 g/mol. The zero-order valence-corrected chi connectivity index (χ0v) is 11.0. The van der Waals surface area contributed by atoms with E-state index in [0.29, 0.717) is 5.56 Å². The molecule has 0 radical (unpaired) electrons. The van der Waals surface area contributed by atoms with E-state index in [1.807, 2.05) is 18.2 Å². The Kier molecular flexibility index (Phi) is 4.00. The van der Waals surface area contributed by atoms with Gasteiger partial charge in [0.2, 0.25) is 0 Å². The lowest BCUT2D eigenvalue weighted by Gasteiger charge is -2.24. The number of carbonyl (C=O) groups is 1. The molecule has 5 nitrogen and oxygen atoms in total. The predicted molar refractivity (Wildman–Crippen MR) is 72.7 cm³/mol. The quantitative estimate of drug-likeness (QED) is 0.871. The number of aliphatic hydroxyl groups is 1. The van der Waals surface area contributed by atoms with Crippen molar-refractivity contribution in [1.29, 1.82) is 0 Å². The van der Waals surface area contributed by atoms with E-state index >= 15 is 0 Å². The Hall–Kier alpha value is -2.40. The lowest BCUT2D eigenvalue weighted by atomic mass is 9.97. The molecule has 2 aromatic rings. The Morgan fingerprint density at radius 1 is 1.25 bits per heavy atom. The highest BCUT2D eigenvalue weighted by Crippen LogP contribution is 2.23. The molecule has 0 aliphatic rings. The predicted octanol–water partition coefficient (Wildman–Crippen LogP) is 2.07. The van der Waals surface area contributed by atoms with Crippen LogP contribution in [-0.4, -0.2) is 27.8 Å². The topological polar surface area (TPSA) is 79.7 Å². The maximum atomic E-state index is 11.0. The van der Waals surface area contributed by atoms with Gasteiger partial charge in [0.05, 0.1) is 0 Å². The van der Waals surface area contributed by atoms with Gasteiger partial charge in [0.1, 0.15) is 12.2 Å². The van der Waals surface area contributed by atoms with E-state index in [1.54, 1.807) is 25.1 Å². The smallest absolute Gasteiger partial charge is 0.358 e. The normalized spacial score (nSPS) is 13.5. The zero-order chi connectivity index (χ0) is 14.6. The van der Waals surface area contributed by atoms with Crippen LogP contribution in [0.2, 0.25) is 0 Å². The van der Waals surface area contributed by atoms with Crippen LogP contribution in [0.15, 0.2) is 48.7 Å². The Labute approximate surface area is 116 Å². The summed E-state index contributed by atoms with van der Waals surface area (Å²) in [6, 6.07) is 12.1. The zero-order valence-electron chi connectivity index (χ0n) is 11.0. The highest BCUT2D eigenvalue weighted by molar-refractivity contribution is 5.88. The van der Waals surface area contributed by atoms with Gasteiger partial charge in [0, 0.05) is 6.20 Å². The fourth-order valence-electron chi connectivity index (χ4n) is 1.77. The number of ether oxygens (including phenoxy) is 1. The van der Waals surface area contributed by atoms with Crippen LogP contribution in [0.25, 0.3) is 0 Å². The second kappa shape index (κ2) is 5.71. The molecule has 0 amide bonds. The number of hydrogen-bond donors (Lipinski definition) is 2. The lowest BCUT2D eigenvalue weighted by Crippen LogP contribution is -2.29. The van der Waals surface area contributed by atoms with Crippen LogP contribution in [0.3, 0.4) is 0 Å². The minimum absolute atomic E-state index is 0.0665. The van der Waals surface area contributed by atoms with Crippen LogP contribution in [0.1, 0.15) is 23.0 Å². The van der Waals surface area contributed by atoms with E-state index in [4.69, 9.17) is 9.84 Å². The molecule has 1 aromatic carbocycles. The van der Waals surface area contributed by atoms with Crippen molar-refractivity contribution >= 4 is 5.97 Å². The molecule has 0 aliphatic carbocycles. The molecule has 20 heavy (non-hydrogen) atoms. The summed E-state index contributed by atoms with van der Waals surface area (Å²) in [6.07, 6.45) is 1.38. The first kappa shape index (κ1) is 14.0. The van der Waals surface area contributed by atoms with Gasteiger partial charge in [-0.15, -0.1) is 0 Å². The molecule has 1 heterocycles. The molecule has 1 atom stereocenters. The molecular weight excluding hydrogens is 258 g/mol. The van der Waals surface area contributed by atoms with Crippen LogP contribution in [0.5, 0.6) is 5.75 Å². The minimum atomic E-state index is -1.22. The van der Waals surface area contributed by atoms with Gasteiger partial charge in [-0.05, 0) is 24.6 Å². The van der Waals surface area contributed by atoms with E-state index in [9.17, 15) is 9.90 Å². The number of aromatic carboxylic acids is 1. The number of hydrogen-bond acceptors (Lipinski definition) is 4. The standard InChI is InChI=1S/C15H15NO4/c1-15(19,11-6-3-2-4-7-11)10-20-12-8-5-9-16-13(12)14(17)18/h2-9,19H,10H2,1H3,(H,17,18). The number of carboxylic acid groups (broad SMARTS) is 1. The van der Waals surface area contributed by atoms with E-state index in [-0.39, 0.29) is 18.1 Å². The molecule has 2 rings (SSSR count). The van der Waals surface area contributed by atoms with E-state index < -0.39 is 11.6 Å². The number of pyridine rings is 1. The number of carboxylic acids is 1. The summed E-state index contributed by atoms with van der Waals surface area (Å²) in [5.41, 5.74) is -0.690. The number of benzene rings is 1. The van der Waals surface area contributed by atoms with Crippen molar-refractivity contribution in [2.24, 2.45) is 0 Å². The summed E-state index contributed by atoms with van der Waals surface area (Å²) in [7, 11) is 0. The van der Waals surface area contributed by atoms with Gasteiger partial charge < -0.3 is 14.9 Å². The summed E-state index contributed by atoms with van der Waals surface area (Å²) in [4.78, 5) is 14.8. The molecule has 5 heteroatoms. The highest BCUT2D eigenvalue weighted by atomic mass is 16.5. The lowest BCUT2D eigenvalue weighted by molar-refractivity contribution is 0.00685. The van der Waals surface area contributed by atoms with Crippen LogP contribution in [0.4, 0.5) is 0 Å². The van der Waals surface area contributed by atoms with Gasteiger partial charge in [0.25, 0.3) is 0 Å². The first-order valence-electron chi connectivity index (χ1n) is 6.10. The van der Waals surface area contributed by atoms with E-state index in [0.717, 1.165) is 0 Å². The van der Waals surface area contributed by atoms with Crippen LogP contribution in [0, 0.1) is 0 Å². The molecule has 0 spiro atoms. The Morgan fingerprint density at radius 2 is 1.95 bits per heavy atom. The summed E-state index contributed by atoms with van der Waals surface area (Å²) >= 11 is 0. The van der Waals surface area contributed by atoms with E-state index in [1.165, 1.54) is 12.3 Å². The molecule has 104 valence electrons. The summed E-state index contributed by atoms with van der Waals surface area (Å²) in [5.74, 6) is -1.03. The molecule has 0 aliphatic heterocycles. The van der Waals surface area contributed by atoms with Gasteiger partial charge in [-0.25, -0.2) is 9.78 Å². The SMILES string of the molecule is CC(O)(COc1cccnc1C(=O)O)c1ccccc1. The summed E-state index contributed by atoms with van der Waals surface area (Å²) < 4.78 is 5.42. The van der Waals surface area contributed by atoms with Crippen LogP contribution >= 0.6 is 0 Å². The van der Waals surface area contributed by atoms with Gasteiger partial charge in [0.15, 0.2) is 11.4 Å². The number of nitrogens with zero attached hydrogens (tertiary/aromatic N) is 1. The first-order valence-corrected chi connectivity index (χ1v) is 6.10. The van der Waals surface area contributed by atoms with Crippen molar-refractivity contribution in [3.05, 3.63) is 59.9 Å². The number of aromatic nitrogens is 1. The fraction of sp³-hybridized carbons (Fsp3) is 0.200. The molecule has 0 bridgehead atoms. The maximum Gasteiger partial charge on any atom is 0.358 e. The third-order valence-electron chi connectivity index (χ3n) is 2.88. The summed E-state index contributed by atoms with van der Waals surface area (Å²) in [5, 5.41) is 19.4. The van der Waals surface area contributed by atoms with Crippen molar-refractivity contribution < 1.29 is 19.7 Å². The molecule has 2 N–H and O–H groups in total. The molecule has 1 unspecified atom stereocenters. The second-order valence-electron chi connectivity index (χ2n) is 4.58. The molecular formula is C15H15NO4. The summed E-state index contributed by atoms with van der Waals surface area (Å²) in [6.45, 7) is 1.54. The fourth-order valence-corrected chi connectivity index (χ4v) is 1.77. The van der Waals surface area contributed by atoms with Gasteiger partial charge in [-0.3, -0.25) is 0 Å². The van der Waals surface area contributed by atoms with Crippen LogP contribution < -0.4 is 4.74 Å². The molecule has 0 fully saturated rings. The molecule has 0 saturated carbocycles. The Balaban J connectivity index is 2.15. The Morgan fingerprint density at radius 3 is 2.60 bits per heavy atom. The monoisotopic (exact) mass is 273 g/mol. The highest BCUT2D eigenvalue weighted by Gasteiger charge is 2.25. The maximum absolute atomic E-state index is 11.0. The number of rotatable bonds is 5. The first-order chi connectivity index (χ1) is 9.50. The Bertz CT molecular complexity index is 596. The largest absolute Gasteiger partial charge is 0.488 e. The third-order valence-corrected chi connectivity index (χ3v) is 2.88. The second-order valence-corrected chi connectivity index (χ2v) is 4.58. The molecule has 1 aromatic heterocycles. The van der Waals surface area contributed by atoms with Gasteiger partial charge in [-0.2, -0.15) is 0 Å². The minimum Gasteiger partial charge on any atom is -0.488 e. The van der Waals surface area contributed by atoms with Crippen molar-refractivity contribution in [3.8, 4) is 5.75 Å². The van der Waals surface area contributed by atoms with Crippen LogP contribution in [-0.2, 0) is 5.60 Å². The van der Waals surface area contributed by atoms with Crippen molar-refractivity contribution in [1.82, 2.24) is 4.98 Å². The van der Waals surface area contributed by atoms with E-state index in [2.05, 4.69) is 4.98 Å². The van der Waals surface area contributed by atoms with Gasteiger partial charge in [-0.1, -0.05) is 30.3 Å². The average Bonchev–Trinajstić information content (AvgIpc) is 2.46. The molecule has 0 saturated heterocycles.